The summed E-state index contributed by atoms with van der Waals surface area (Å²) >= 11 is 0. The van der Waals surface area contributed by atoms with E-state index in [1.165, 1.54) is 19.4 Å². The Labute approximate surface area is 93.4 Å². The van der Waals surface area contributed by atoms with Crippen LogP contribution in [0.1, 0.15) is 39.5 Å². The Kier molecular flexibility index (Phi) is 6.22. The second-order valence-electron chi connectivity index (χ2n) is 4.65. The molecule has 1 aliphatic rings. The van der Waals surface area contributed by atoms with E-state index >= 15 is 0 Å². The molecule has 0 aromatic rings. The van der Waals surface area contributed by atoms with Gasteiger partial charge in [-0.2, -0.15) is 0 Å². The minimum absolute atomic E-state index is 0.339. The minimum atomic E-state index is 0.339. The average molecular weight is 215 g/mol. The van der Waals surface area contributed by atoms with Crippen LogP contribution < -0.4 is 0 Å². The van der Waals surface area contributed by atoms with Gasteiger partial charge in [-0.05, 0) is 33.2 Å². The predicted molar refractivity (Wildman–Crippen MR) is 62.0 cm³/mol. The highest BCUT2D eigenvalue weighted by Gasteiger charge is 2.21. The standard InChI is InChI=1S/C12H25NO2/c1-11-9-13(10-12(2)15-11)7-5-3-4-6-8-14/h11-12,14H,3-10H2,1-2H3/t11-,12-/m0/s1. The second kappa shape index (κ2) is 7.20. The van der Waals surface area contributed by atoms with E-state index in [4.69, 9.17) is 9.84 Å². The quantitative estimate of drug-likeness (QED) is 0.684. The van der Waals surface area contributed by atoms with Crippen molar-refractivity contribution in [2.45, 2.75) is 51.7 Å². The van der Waals surface area contributed by atoms with Crippen molar-refractivity contribution in [2.24, 2.45) is 0 Å². The lowest BCUT2D eigenvalue weighted by Crippen LogP contribution is -2.45. The summed E-state index contributed by atoms with van der Waals surface area (Å²) < 4.78 is 5.69. The first kappa shape index (κ1) is 12.9. The highest BCUT2D eigenvalue weighted by atomic mass is 16.5. The zero-order chi connectivity index (χ0) is 11.1. The molecule has 1 N–H and O–H groups in total. The maximum Gasteiger partial charge on any atom is 0.0678 e. The van der Waals surface area contributed by atoms with Crippen LogP contribution in [0.15, 0.2) is 0 Å². The first-order valence-corrected chi connectivity index (χ1v) is 6.21. The van der Waals surface area contributed by atoms with Crippen molar-refractivity contribution in [3.8, 4) is 0 Å². The number of aliphatic hydroxyl groups is 1. The van der Waals surface area contributed by atoms with Crippen LogP contribution in [0.2, 0.25) is 0 Å². The summed E-state index contributed by atoms with van der Waals surface area (Å²) in [6.07, 6.45) is 5.36. The number of ether oxygens (including phenoxy) is 1. The molecule has 3 nitrogen and oxygen atoms in total. The summed E-state index contributed by atoms with van der Waals surface area (Å²) in [6, 6.07) is 0. The molecule has 0 bridgehead atoms. The first-order chi connectivity index (χ1) is 7.22. The highest BCUT2D eigenvalue weighted by Crippen LogP contribution is 2.11. The van der Waals surface area contributed by atoms with Gasteiger partial charge in [-0.15, -0.1) is 0 Å². The summed E-state index contributed by atoms with van der Waals surface area (Å²) in [7, 11) is 0. The molecule has 0 aromatic carbocycles. The molecule has 0 saturated carbocycles. The predicted octanol–water partition coefficient (Wildman–Crippen LogP) is 1.65. The molecule has 0 unspecified atom stereocenters. The fourth-order valence-corrected chi connectivity index (χ4v) is 2.27. The lowest BCUT2D eigenvalue weighted by Gasteiger charge is -2.35. The van der Waals surface area contributed by atoms with Crippen molar-refractivity contribution in [1.82, 2.24) is 4.90 Å². The molecular weight excluding hydrogens is 190 g/mol. The number of nitrogens with zero attached hydrogens (tertiary/aromatic N) is 1. The molecule has 0 radical (unpaired) electrons. The Morgan fingerprint density at radius 2 is 1.67 bits per heavy atom. The van der Waals surface area contributed by atoms with Crippen LogP contribution in [-0.2, 0) is 4.74 Å². The number of hydrogen-bond acceptors (Lipinski definition) is 3. The molecule has 0 amide bonds. The van der Waals surface area contributed by atoms with E-state index in [1.807, 2.05) is 0 Å². The molecule has 1 rings (SSSR count). The summed E-state index contributed by atoms with van der Waals surface area (Å²) in [5, 5.41) is 8.66. The van der Waals surface area contributed by atoms with Gasteiger partial charge in [0.15, 0.2) is 0 Å². The van der Waals surface area contributed by atoms with Crippen molar-refractivity contribution in [2.75, 3.05) is 26.2 Å². The minimum Gasteiger partial charge on any atom is -0.396 e. The Hall–Kier alpha value is -0.120. The Balaban J connectivity index is 2.04. The van der Waals surface area contributed by atoms with Crippen molar-refractivity contribution < 1.29 is 9.84 Å². The van der Waals surface area contributed by atoms with Gasteiger partial charge >= 0.3 is 0 Å². The van der Waals surface area contributed by atoms with Crippen LogP contribution in [0.25, 0.3) is 0 Å². The fourth-order valence-electron chi connectivity index (χ4n) is 2.27. The van der Waals surface area contributed by atoms with Gasteiger partial charge in [0.1, 0.15) is 0 Å². The van der Waals surface area contributed by atoms with Gasteiger partial charge in [0.05, 0.1) is 12.2 Å². The molecular formula is C12H25NO2. The second-order valence-corrected chi connectivity index (χ2v) is 4.65. The first-order valence-electron chi connectivity index (χ1n) is 6.21. The monoisotopic (exact) mass is 215 g/mol. The molecule has 0 aromatic heterocycles. The summed E-state index contributed by atoms with van der Waals surface area (Å²) in [5.41, 5.74) is 0. The largest absolute Gasteiger partial charge is 0.396 e. The molecule has 0 aliphatic carbocycles. The third-order valence-corrected chi connectivity index (χ3v) is 2.88. The van der Waals surface area contributed by atoms with Gasteiger partial charge in [0.25, 0.3) is 0 Å². The Morgan fingerprint density at radius 1 is 1.07 bits per heavy atom. The van der Waals surface area contributed by atoms with Crippen molar-refractivity contribution >= 4 is 0 Å². The van der Waals surface area contributed by atoms with Crippen LogP contribution in [0, 0.1) is 0 Å². The van der Waals surface area contributed by atoms with Crippen molar-refractivity contribution in [3.63, 3.8) is 0 Å². The van der Waals surface area contributed by atoms with Gasteiger partial charge in [0, 0.05) is 19.7 Å². The van der Waals surface area contributed by atoms with E-state index in [2.05, 4.69) is 18.7 Å². The maximum absolute atomic E-state index is 8.66. The van der Waals surface area contributed by atoms with Crippen molar-refractivity contribution in [3.05, 3.63) is 0 Å². The van der Waals surface area contributed by atoms with E-state index in [-0.39, 0.29) is 0 Å². The number of hydrogen-bond donors (Lipinski definition) is 1. The van der Waals surface area contributed by atoms with Crippen LogP contribution in [0.5, 0.6) is 0 Å². The Morgan fingerprint density at radius 3 is 2.27 bits per heavy atom. The van der Waals surface area contributed by atoms with Gasteiger partial charge in [-0.1, -0.05) is 12.8 Å². The zero-order valence-corrected chi connectivity index (χ0v) is 10.1. The van der Waals surface area contributed by atoms with E-state index in [0.717, 1.165) is 25.9 Å². The van der Waals surface area contributed by atoms with Crippen LogP contribution in [-0.4, -0.2) is 48.5 Å². The number of unbranched alkanes of at least 4 members (excludes halogenated alkanes) is 3. The van der Waals surface area contributed by atoms with Crippen molar-refractivity contribution in [1.29, 1.82) is 0 Å². The summed E-state index contributed by atoms with van der Waals surface area (Å²) in [4.78, 5) is 2.50. The summed E-state index contributed by atoms with van der Waals surface area (Å²) in [5.74, 6) is 0. The molecule has 1 saturated heterocycles. The molecule has 3 heteroatoms. The third kappa shape index (κ3) is 5.50. The van der Waals surface area contributed by atoms with E-state index < -0.39 is 0 Å². The average Bonchev–Trinajstić information content (AvgIpc) is 2.16. The zero-order valence-electron chi connectivity index (χ0n) is 10.1. The lowest BCUT2D eigenvalue weighted by atomic mass is 10.1. The highest BCUT2D eigenvalue weighted by molar-refractivity contribution is 4.72. The molecule has 1 aliphatic heterocycles. The smallest absolute Gasteiger partial charge is 0.0678 e. The van der Waals surface area contributed by atoms with Gasteiger partial charge in [-0.3, -0.25) is 4.90 Å². The van der Waals surface area contributed by atoms with E-state index in [1.54, 1.807) is 0 Å². The molecule has 1 heterocycles. The van der Waals surface area contributed by atoms with Gasteiger partial charge in [0.2, 0.25) is 0 Å². The lowest BCUT2D eigenvalue weighted by molar-refractivity contribution is -0.0681. The maximum atomic E-state index is 8.66. The topological polar surface area (TPSA) is 32.7 Å². The van der Waals surface area contributed by atoms with Crippen LogP contribution in [0.3, 0.4) is 0 Å². The molecule has 1 fully saturated rings. The van der Waals surface area contributed by atoms with Gasteiger partial charge < -0.3 is 9.84 Å². The number of morpholine rings is 1. The summed E-state index contributed by atoms with van der Waals surface area (Å²) in [6.45, 7) is 7.96. The normalized spacial score (nSPS) is 28.2. The molecule has 15 heavy (non-hydrogen) atoms. The Bertz CT molecular complexity index is 154. The number of rotatable bonds is 6. The van der Waals surface area contributed by atoms with Gasteiger partial charge in [-0.25, -0.2) is 0 Å². The fraction of sp³-hybridized carbons (Fsp3) is 1.00. The number of aliphatic hydroxyl groups excluding tert-OH is 1. The molecule has 0 spiro atoms. The van der Waals surface area contributed by atoms with Crippen LogP contribution in [0.4, 0.5) is 0 Å². The third-order valence-electron chi connectivity index (χ3n) is 2.88. The van der Waals surface area contributed by atoms with E-state index in [0.29, 0.717) is 18.8 Å². The SMILES string of the molecule is C[C@H]1CN(CCCCCCO)C[C@H](C)O1. The molecule has 90 valence electrons. The van der Waals surface area contributed by atoms with Crippen LogP contribution >= 0.6 is 0 Å². The molecule has 2 atom stereocenters. The van der Waals surface area contributed by atoms with E-state index in [9.17, 15) is 0 Å².